The van der Waals surface area contributed by atoms with Crippen molar-refractivity contribution in [2.75, 3.05) is 27.1 Å². The molecule has 0 unspecified atom stereocenters. The molecule has 0 spiro atoms. The minimum absolute atomic E-state index is 0.0951. The highest BCUT2D eigenvalue weighted by molar-refractivity contribution is 9.10. The van der Waals surface area contributed by atoms with Crippen molar-refractivity contribution in [2.24, 2.45) is 5.10 Å². The number of benzene rings is 3. The Bertz CT molecular complexity index is 1370. The maximum Gasteiger partial charge on any atom is 0.250 e. The van der Waals surface area contributed by atoms with E-state index in [4.69, 9.17) is 14.2 Å². The van der Waals surface area contributed by atoms with E-state index in [9.17, 15) is 4.79 Å². The highest BCUT2D eigenvalue weighted by Crippen LogP contribution is 2.41. The largest absolute Gasteiger partial charge is 0.493 e. The van der Waals surface area contributed by atoms with Gasteiger partial charge in [-0.1, -0.05) is 58.0 Å². The van der Waals surface area contributed by atoms with E-state index in [2.05, 4.69) is 36.7 Å². The second-order valence-corrected chi connectivity index (χ2v) is 9.38. The van der Waals surface area contributed by atoms with Crippen LogP contribution in [-0.2, 0) is 4.79 Å². The summed E-state index contributed by atoms with van der Waals surface area (Å²) in [5.74, 6) is 1.86. The number of hydrogen-bond donors (Lipinski definition) is 1. The van der Waals surface area contributed by atoms with Crippen LogP contribution < -0.4 is 19.6 Å². The predicted octanol–water partition coefficient (Wildman–Crippen LogP) is 4.97. The Morgan fingerprint density at radius 3 is 2.30 bits per heavy atom. The van der Waals surface area contributed by atoms with E-state index in [0.717, 1.165) is 15.7 Å². The predicted molar refractivity (Wildman–Crippen MR) is 147 cm³/mol. The summed E-state index contributed by atoms with van der Waals surface area (Å²) in [6.45, 7) is 0. The average Bonchev–Trinajstić information content (AvgIpc) is 3.36. The Morgan fingerprint density at radius 1 is 1.00 bits per heavy atom. The number of hydrogen-bond acceptors (Lipinski definition) is 8. The number of thioether (sulfide) groups is 1. The van der Waals surface area contributed by atoms with Crippen molar-refractivity contribution in [3.8, 4) is 34.3 Å². The van der Waals surface area contributed by atoms with Crippen LogP contribution in [0.1, 0.15) is 5.56 Å². The molecule has 4 aromatic rings. The zero-order chi connectivity index (χ0) is 26.2. The zero-order valence-electron chi connectivity index (χ0n) is 20.3. The van der Waals surface area contributed by atoms with E-state index in [1.165, 1.54) is 11.8 Å². The molecule has 0 aliphatic rings. The van der Waals surface area contributed by atoms with Gasteiger partial charge in [0, 0.05) is 15.7 Å². The maximum absolute atomic E-state index is 12.5. The Kier molecular flexibility index (Phi) is 8.81. The molecule has 11 heteroatoms. The van der Waals surface area contributed by atoms with Gasteiger partial charge in [0.25, 0.3) is 5.91 Å². The van der Waals surface area contributed by atoms with Crippen molar-refractivity contribution < 1.29 is 19.0 Å². The number of hydrazone groups is 1. The molecule has 1 aromatic heterocycles. The number of rotatable bonds is 10. The highest BCUT2D eigenvalue weighted by atomic mass is 79.9. The van der Waals surface area contributed by atoms with Gasteiger partial charge >= 0.3 is 0 Å². The lowest BCUT2D eigenvalue weighted by molar-refractivity contribution is -0.118. The monoisotopic (exact) mass is 581 g/mol. The highest BCUT2D eigenvalue weighted by Gasteiger charge is 2.21. The van der Waals surface area contributed by atoms with Gasteiger partial charge in [-0.05, 0) is 42.0 Å². The Balaban J connectivity index is 1.59. The van der Waals surface area contributed by atoms with Crippen LogP contribution in [0.5, 0.6) is 17.2 Å². The zero-order valence-corrected chi connectivity index (χ0v) is 22.7. The molecule has 190 valence electrons. The first-order valence-electron chi connectivity index (χ1n) is 11.1. The lowest BCUT2D eigenvalue weighted by Crippen LogP contribution is -2.20. The van der Waals surface area contributed by atoms with Crippen molar-refractivity contribution in [3.63, 3.8) is 0 Å². The molecule has 9 nitrogen and oxygen atoms in total. The molecule has 3 aromatic carbocycles. The molecular weight excluding hydrogens is 558 g/mol. The number of para-hydroxylation sites is 1. The number of carbonyl (C=O) groups excluding carboxylic acids is 1. The van der Waals surface area contributed by atoms with E-state index < -0.39 is 0 Å². The molecule has 0 saturated heterocycles. The molecule has 0 aliphatic carbocycles. The van der Waals surface area contributed by atoms with E-state index in [-0.39, 0.29) is 11.7 Å². The summed E-state index contributed by atoms with van der Waals surface area (Å²) in [5, 5.41) is 13.4. The van der Waals surface area contributed by atoms with Crippen LogP contribution in [0.15, 0.2) is 81.5 Å². The lowest BCUT2D eigenvalue weighted by atomic mass is 10.1. The molecule has 1 heterocycles. The standard InChI is InChI=1S/C26H24BrN5O4S/c1-34-21-13-18(14-22(35-2)24(21)36-3)25-30-31-26(32(25)20-7-5-4-6-8-20)37-16-23(33)29-28-15-17-9-11-19(27)12-10-17/h4-15H,16H2,1-3H3,(H,29,33)/b28-15+. The van der Waals surface area contributed by atoms with Crippen molar-refractivity contribution in [3.05, 3.63) is 76.8 Å². The van der Waals surface area contributed by atoms with Gasteiger partial charge in [-0.25, -0.2) is 5.43 Å². The molecular formula is C26H24BrN5O4S. The number of nitrogens with zero attached hydrogens (tertiary/aromatic N) is 4. The molecule has 4 rings (SSSR count). The first kappa shape index (κ1) is 26.2. The Morgan fingerprint density at radius 2 is 1.68 bits per heavy atom. The Hall–Kier alpha value is -3.83. The third-order valence-electron chi connectivity index (χ3n) is 5.18. The smallest absolute Gasteiger partial charge is 0.250 e. The van der Waals surface area contributed by atoms with Crippen LogP contribution in [-0.4, -0.2) is 54.0 Å². The van der Waals surface area contributed by atoms with Gasteiger partial charge in [0.05, 0.1) is 33.3 Å². The molecule has 0 radical (unpaired) electrons. The molecule has 0 atom stereocenters. The summed E-state index contributed by atoms with van der Waals surface area (Å²) >= 11 is 4.64. The second-order valence-electron chi connectivity index (χ2n) is 7.52. The van der Waals surface area contributed by atoms with E-state index in [1.54, 1.807) is 27.5 Å². The second kappa shape index (κ2) is 12.4. The molecule has 0 bridgehead atoms. The van der Waals surface area contributed by atoms with Gasteiger partial charge in [0.15, 0.2) is 22.5 Å². The summed E-state index contributed by atoms with van der Waals surface area (Å²) in [6, 6.07) is 20.9. The summed E-state index contributed by atoms with van der Waals surface area (Å²) in [6.07, 6.45) is 1.59. The van der Waals surface area contributed by atoms with Gasteiger partial charge in [-0.15, -0.1) is 10.2 Å². The molecule has 0 saturated carbocycles. The molecule has 1 N–H and O–H groups in total. The minimum Gasteiger partial charge on any atom is -0.493 e. The van der Waals surface area contributed by atoms with E-state index in [1.807, 2.05) is 71.3 Å². The van der Waals surface area contributed by atoms with Crippen LogP contribution in [0.25, 0.3) is 17.1 Å². The number of amides is 1. The normalized spacial score (nSPS) is 10.9. The number of halogens is 1. The number of methoxy groups -OCH3 is 3. The van der Waals surface area contributed by atoms with Gasteiger partial charge in [0.2, 0.25) is 5.75 Å². The first-order valence-corrected chi connectivity index (χ1v) is 12.8. The van der Waals surface area contributed by atoms with E-state index >= 15 is 0 Å². The van der Waals surface area contributed by atoms with Gasteiger partial charge < -0.3 is 14.2 Å². The molecule has 0 fully saturated rings. The van der Waals surface area contributed by atoms with Crippen LogP contribution >= 0.6 is 27.7 Å². The fourth-order valence-electron chi connectivity index (χ4n) is 3.46. The van der Waals surface area contributed by atoms with Crippen LogP contribution in [0, 0.1) is 0 Å². The van der Waals surface area contributed by atoms with Gasteiger partial charge in [0.1, 0.15) is 0 Å². The maximum atomic E-state index is 12.5. The number of nitrogens with one attached hydrogen (secondary N) is 1. The Labute approximate surface area is 227 Å². The first-order chi connectivity index (χ1) is 18.0. The van der Waals surface area contributed by atoms with Crippen LogP contribution in [0.3, 0.4) is 0 Å². The van der Waals surface area contributed by atoms with Crippen molar-refractivity contribution >= 4 is 39.8 Å². The third kappa shape index (κ3) is 6.30. The fourth-order valence-corrected chi connectivity index (χ4v) is 4.47. The molecule has 0 aliphatic heterocycles. The topological polar surface area (TPSA) is 99.9 Å². The van der Waals surface area contributed by atoms with Crippen molar-refractivity contribution in [1.29, 1.82) is 0 Å². The lowest BCUT2D eigenvalue weighted by Gasteiger charge is -2.15. The average molecular weight is 582 g/mol. The summed E-state index contributed by atoms with van der Waals surface area (Å²) in [4.78, 5) is 12.5. The third-order valence-corrected chi connectivity index (χ3v) is 6.63. The van der Waals surface area contributed by atoms with Crippen molar-refractivity contribution in [1.82, 2.24) is 20.2 Å². The van der Waals surface area contributed by atoms with Crippen LogP contribution in [0.2, 0.25) is 0 Å². The summed E-state index contributed by atoms with van der Waals surface area (Å²) in [7, 11) is 4.67. The number of aromatic nitrogens is 3. The summed E-state index contributed by atoms with van der Waals surface area (Å²) < 4.78 is 19.3. The number of carbonyl (C=O) groups is 1. The fraction of sp³-hybridized carbons (Fsp3) is 0.154. The van der Waals surface area contributed by atoms with Gasteiger partial charge in [-0.2, -0.15) is 5.10 Å². The quantitative estimate of drug-likeness (QED) is 0.160. The van der Waals surface area contributed by atoms with E-state index in [0.29, 0.717) is 33.8 Å². The van der Waals surface area contributed by atoms with Crippen LogP contribution in [0.4, 0.5) is 0 Å². The van der Waals surface area contributed by atoms with Gasteiger partial charge in [-0.3, -0.25) is 9.36 Å². The number of ether oxygens (including phenoxy) is 3. The molecule has 1 amide bonds. The minimum atomic E-state index is -0.268. The SMILES string of the molecule is COc1cc(-c2nnc(SCC(=O)N/N=C/c3ccc(Br)cc3)n2-c2ccccc2)cc(OC)c1OC. The molecule has 37 heavy (non-hydrogen) atoms. The summed E-state index contributed by atoms with van der Waals surface area (Å²) in [5.41, 5.74) is 4.97. The van der Waals surface area contributed by atoms with Crippen molar-refractivity contribution in [2.45, 2.75) is 5.16 Å².